The fourth-order valence-electron chi connectivity index (χ4n) is 6.16. The van der Waals surface area contributed by atoms with Crippen molar-refractivity contribution in [2.75, 3.05) is 0 Å². The zero-order chi connectivity index (χ0) is 29.8. The minimum Gasteiger partial charge on any atom is -1.00 e. The van der Waals surface area contributed by atoms with E-state index in [1.54, 1.807) is 0 Å². The largest absolute Gasteiger partial charge is 4.00 e. The van der Waals surface area contributed by atoms with E-state index in [1.807, 2.05) is 0 Å². The molecule has 2 radical (unpaired) electrons. The molecule has 4 heteroatoms. The summed E-state index contributed by atoms with van der Waals surface area (Å²) in [5, 5.41) is 10.6. The Kier molecular flexibility index (Phi) is 13.8. The van der Waals surface area contributed by atoms with E-state index in [0.29, 0.717) is 0 Å². The fourth-order valence-corrected chi connectivity index (χ4v) is 6.16. The van der Waals surface area contributed by atoms with Crippen LogP contribution in [0.1, 0.15) is 11.1 Å². The SMILES string of the molecule is C[Si]C.Cc1cc2c(-c3cccc4ccccc34)cccc2[cH-]1.Cc1cc2c(-c3cccc4ccccc34)cccc2[cH-]1.[Cl-].[Cl-].[Zr+4]. The summed E-state index contributed by atoms with van der Waals surface area (Å²) in [6.45, 7) is 8.62. The molecule has 226 valence electrons. The van der Waals surface area contributed by atoms with Crippen LogP contribution in [-0.4, -0.2) is 9.52 Å². The second-order valence-electron chi connectivity index (χ2n) is 11.2. The Hall–Kier alpha value is -3.26. The van der Waals surface area contributed by atoms with Gasteiger partial charge in [0.25, 0.3) is 0 Å². The van der Waals surface area contributed by atoms with Crippen LogP contribution < -0.4 is 24.8 Å². The Labute approximate surface area is 307 Å². The molecule has 0 nitrogen and oxygen atoms in total. The van der Waals surface area contributed by atoms with Crippen molar-refractivity contribution >= 4 is 52.6 Å². The summed E-state index contributed by atoms with van der Waals surface area (Å²) in [4.78, 5) is 0. The van der Waals surface area contributed by atoms with Crippen LogP contribution in [0.2, 0.25) is 13.1 Å². The summed E-state index contributed by atoms with van der Waals surface area (Å²) < 4.78 is 0. The molecule has 0 amide bonds. The quantitative estimate of drug-likeness (QED) is 0.148. The van der Waals surface area contributed by atoms with Crippen molar-refractivity contribution in [3.8, 4) is 22.3 Å². The topological polar surface area (TPSA) is 0 Å². The predicted octanol–water partition coefficient (Wildman–Crippen LogP) is 6.17. The zero-order valence-corrected chi connectivity index (χ0v) is 31.6. The van der Waals surface area contributed by atoms with Gasteiger partial charge in [-0.1, -0.05) is 135 Å². The van der Waals surface area contributed by atoms with Crippen molar-refractivity contribution in [3.05, 3.63) is 157 Å². The number of hydrogen-bond acceptors (Lipinski definition) is 0. The summed E-state index contributed by atoms with van der Waals surface area (Å²) in [5.74, 6) is 0. The first kappa shape index (κ1) is 37.2. The van der Waals surface area contributed by atoms with E-state index in [2.05, 4.69) is 173 Å². The van der Waals surface area contributed by atoms with Gasteiger partial charge in [0.05, 0.1) is 0 Å². The maximum atomic E-state index is 2.28. The molecule has 8 aromatic carbocycles. The fraction of sp³-hybridized carbons (Fsp3) is 0.0952. The smallest absolute Gasteiger partial charge is 1.00 e. The number of rotatable bonds is 2. The van der Waals surface area contributed by atoms with Crippen LogP contribution in [0.5, 0.6) is 0 Å². The van der Waals surface area contributed by atoms with Gasteiger partial charge in [0.15, 0.2) is 0 Å². The summed E-state index contributed by atoms with van der Waals surface area (Å²) in [7, 11) is 1.08. The Balaban J connectivity index is 0.000000218. The van der Waals surface area contributed by atoms with Crippen LogP contribution in [0, 0.1) is 13.8 Å². The van der Waals surface area contributed by atoms with Crippen LogP contribution in [0.25, 0.3) is 65.3 Å². The minimum atomic E-state index is 0. The van der Waals surface area contributed by atoms with E-state index < -0.39 is 0 Å². The average Bonchev–Trinajstić information content (AvgIpc) is 3.62. The molecule has 0 unspecified atom stereocenters. The van der Waals surface area contributed by atoms with Gasteiger partial charge in [0.2, 0.25) is 0 Å². The number of hydrogen-bond donors (Lipinski definition) is 0. The first-order valence-electron chi connectivity index (χ1n) is 14.9. The molecule has 0 bridgehead atoms. The van der Waals surface area contributed by atoms with Crippen molar-refractivity contribution in [1.29, 1.82) is 0 Å². The number of aryl methyl sites for hydroxylation is 2. The molecular formula is C42H36Cl2SiZr. The Bertz CT molecular complexity index is 2010. The van der Waals surface area contributed by atoms with Crippen LogP contribution in [0.3, 0.4) is 0 Å². The normalized spacial score (nSPS) is 10.2. The number of halogens is 2. The first-order valence-corrected chi connectivity index (χ1v) is 16.9. The minimum absolute atomic E-state index is 0. The molecule has 0 fully saturated rings. The van der Waals surface area contributed by atoms with E-state index in [-0.39, 0.29) is 51.0 Å². The van der Waals surface area contributed by atoms with Gasteiger partial charge in [-0.2, -0.15) is 12.1 Å². The zero-order valence-electron chi connectivity index (χ0n) is 26.6. The van der Waals surface area contributed by atoms with Gasteiger partial charge in [0.1, 0.15) is 0 Å². The van der Waals surface area contributed by atoms with E-state index in [4.69, 9.17) is 0 Å². The summed E-state index contributed by atoms with van der Waals surface area (Å²) in [5.41, 5.74) is 7.94. The van der Waals surface area contributed by atoms with E-state index in [1.165, 1.54) is 76.5 Å². The van der Waals surface area contributed by atoms with Crippen molar-refractivity contribution in [2.45, 2.75) is 26.9 Å². The molecule has 0 aromatic heterocycles. The molecule has 46 heavy (non-hydrogen) atoms. The maximum Gasteiger partial charge on any atom is 4.00 e. The molecule has 0 aliphatic heterocycles. The molecule has 0 saturated heterocycles. The Morgan fingerprint density at radius 3 is 1.11 bits per heavy atom. The Morgan fingerprint density at radius 1 is 0.413 bits per heavy atom. The average molecular weight is 731 g/mol. The van der Waals surface area contributed by atoms with Crippen molar-refractivity contribution < 1.29 is 51.0 Å². The molecule has 0 atom stereocenters. The van der Waals surface area contributed by atoms with E-state index in [0.717, 1.165) is 9.52 Å². The van der Waals surface area contributed by atoms with Crippen molar-refractivity contribution in [3.63, 3.8) is 0 Å². The monoisotopic (exact) mass is 728 g/mol. The number of benzene rings is 6. The van der Waals surface area contributed by atoms with E-state index in [9.17, 15) is 0 Å². The third kappa shape index (κ3) is 7.81. The second-order valence-corrected chi connectivity index (χ2v) is 12.2. The van der Waals surface area contributed by atoms with Gasteiger partial charge >= 0.3 is 26.2 Å². The Morgan fingerprint density at radius 2 is 0.717 bits per heavy atom. The third-order valence-electron chi connectivity index (χ3n) is 7.95. The van der Waals surface area contributed by atoms with Crippen molar-refractivity contribution in [1.82, 2.24) is 0 Å². The van der Waals surface area contributed by atoms with Gasteiger partial charge in [-0.05, 0) is 32.7 Å². The summed E-state index contributed by atoms with van der Waals surface area (Å²) in [6, 6.07) is 52.5. The standard InChI is InChI=1S/2C20H15.C2H6Si.2ClH.Zr/c2*1-14-12-16-8-5-11-19(20(16)13-14)18-10-4-7-15-6-2-3-9-17(15)18;1-3-2;;;/h2*2-13H,1H3;1-2H3;2*1H;/q2*-1;;;;+4/p-2. The molecule has 0 spiro atoms. The summed E-state index contributed by atoms with van der Waals surface area (Å²) >= 11 is 0. The molecule has 0 N–H and O–H groups in total. The van der Waals surface area contributed by atoms with Gasteiger partial charge < -0.3 is 24.8 Å². The molecular weight excluding hydrogens is 695 g/mol. The first-order chi connectivity index (χ1) is 21.1. The predicted molar refractivity (Wildman–Crippen MR) is 192 cm³/mol. The molecule has 8 aromatic rings. The van der Waals surface area contributed by atoms with Gasteiger partial charge in [0, 0.05) is 9.52 Å². The maximum absolute atomic E-state index is 2.28. The van der Waals surface area contributed by atoms with Crippen LogP contribution >= 0.6 is 0 Å². The van der Waals surface area contributed by atoms with Gasteiger partial charge in [-0.3, -0.25) is 0 Å². The van der Waals surface area contributed by atoms with Crippen LogP contribution in [0.15, 0.2) is 146 Å². The summed E-state index contributed by atoms with van der Waals surface area (Å²) in [6.07, 6.45) is 0. The van der Waals surface area contributed by atoms with E-state index >= 15 is 0 Å². The third-order valence-corrected chi connectivity index (χ3v) is 7.95. The molecule has 0 heterocycles. The molecule has 8 rings (SSSR count). The van der Waals surface area contributed by atoms with Gasteiger partial charge in [-0.15, -0.1) is 69.1 Å². The van der Waals surface area contributed by atoms with Crippen molar-refractivity contribution in [2.24, 2.45) is 0 Å². The number of fused-ring (bicyclic) bond motifs is 4. The molecule has 0 aliphatic carbocycles. The second kappa shape index (κ2) is 17.1. The van der Waals surface area contributed by atoms with Crippen LogP contribution in [-0.2, 0) is 26.2 Å². The molecule has 0 aliphatic rings. The van der Waals surface area contributed by atoms with Gasteiger partial charge in [-0.25, -0.2) is 0 Å². The van der Waals surface area contributed by atoms with Crippen LogP contribution in [0.4, 0.5) is 0 Å². The molecule has 0 saturated carbocycles.